The number of nitrogens with zero attached hydrogens (tertiary/aromatic N) is 1. The van der Waals surface area contributed by atoms with Gasteiger partial charge in [-0.3, -0.25) is 4.99 Å². The second kappa shape index (κ2) is 13.5. The topological polar surface area (TPSA) is 49.7 Å². The first-order valence-corrected chi connectivity index (χ1v) is 11.0. The standard InChI is InChI=1S/C20H18F3NO.C4H8O.C2H6.C2H2/c1-4-13(11-24-3)15-9-12(2)10-17-18(15)14-7-5-6-8-16(14)19(17,25)20(21,22)23;1-3-4(2)5;2*1-2/h4-11,25H,1-3H3;3H2,1-2H3;1-2H3;1-2H/b13-4+,24-11?;;;. The number of ketones is 1. The number of allylic oxidation sites excluding steroid dienone is 2. The quantitative estimate of drug-likeness (QED) is 0.380. The molecule has 0 radical (unpaired) electrons. The molecule has 0 aromatic heterocycles. The van der Waals surface area contributed by atoms with Crippen LogP contribution in [0.4, 0.5) is 13.2 Å². The highest BCUT2D eigenvalue weighted by Gasteiger charge is 2.61. The van der Waals surface area contributed by atoms with Gasteiger partial charge in [0, 0.05) is 30.8 Å². The van der Waals surface area contributed by atoms with Crippen molar-refractivity contribution in [2.24, 2.45) is 4.99 Å². The molecule has 3 nitrogen and oxygen atoms in total. The molecule has 34 heavy (non-hydrogen) atoms. The van der Waals surface area contributed by atoms with Crippen LogP contribution in [0.15, 0.2) is 47.5 Å². The monoisotopic (exact) mass is 473 g/mol. The van der Waals surface area contributed by atoms with Crippen LogP contribution in [0.5, 0.6) is 0 Å². The van der Waals surface area contributed by atoms with Crippen molar-refractivity contribution in [2.45, 2.75) is 59.7 Å². The fourth-order valence-corrected chi connectivity index (χ4v) is 3.50. The predicted molar refractivity (Wildman–Crippen MR) is 136 cm³/mol. The van der Waals surface area contributed by atoms with Crippen molar-refractivity contribution in [3.8, 4) is 24.0 Å². The Morgan fingerprint density at radius 3 is 2.12 bits per heavy atom. The van der Waals surface area contributed by atoms with Crippen molar-refractivity contribution in [1.29, 1.82) is 0 Å². The van der Waals surface area contributed by atoms with Gasteiger partial charge in [-0.1, -0.05) is 68.8 Å². The Bertz CT molecular complexity index is 1050. The van der Waals surface area contributed by atoms with E-state index in [0.717, 1.165) is 0 Å². The highest BCUT2D eigenvalue weighted by molar-refractivity contribution is 6.13. The third-order valence-corrected chi connectivity index (χ3v) is 5.06. The van der Waals surface area contributed by atoms with E-state index in [4.69, 9.17) is 0 Å². The Labute approximate surface area is 201 Å². The van der Waals surface area contributed by atoms with Gasteiger partial charge in [0.15, 0.2) is 0 Å². The van der Waals surface area contributed by atoms with Crippen LogP contribution < -0.4 is 0 Å². The van der Waals surface area contributed by atoms with E-state index in [0.29, 0.717) is 34.2 Å². The minimum absolute atomic E-state index is 0.125. The number of carbonyl (C=O) groups is 1. The van der Waals surface area contributed by atoms with E-state index in [9.17, 15) is 23.1 Å². The summed E-state index contributed by atoms with van der Waals surface area (Å²) in [4.78, 5) is 13.8. The fourth-order valence-electron chi connectivity index (χ4n) is 3.50. The van der Waals surface area contributed by atoms with E-state index >= 15 is 0 Å². The van der Waals surface area contributed by atoms with Gasteiger partial charge in [0.25, 0.3) is 0 Å². The summed E-state index contributed by atoms with van der Waals surface area (Å²) in [5, 5.41) is 10.8. The summed E-state index contributed by atoms with van der Waals surface area (Å²) < 4.78 is 41.7. The summed E-state index contributed by atoms with van der Waals surface area (Å²) >= 11 is 0. The number of hydrogen-bond donors (Lipinski definition) is 1. The van der Waals surface area contributed by atoms with Crippen LogP contribution in [-0.4, -0.2) is 30.3 Å². The highest BCUT2D eigenvalue weighted by atomic mass is 19.4. The van der Waals surface area contributed by atoms with Gasteiger partial charge in [-0.2, -0.15) is 13.2 Å². The van der Waals surface area contributed by atoms with E-state index in [-0.39, 0.29) is 16.9 Å². The molecule has 1 atom stereocenters. The number of alkyl halides is 3. The number of carbonyl (C=O) groups excluding carboxylic acids is 1. The summed E-state index contributed by atoms with van der Waals surface area (Å²) in [6, 6.07) is 9.39. The summed E-state index contributed by atoms with van der Waals surface area (Å²) in [6.45, 7) is 11.0. The molecule has 2 aromatic rings. The highest BCUT2D eigenvalue weighted by Crippen LogP contribution is 2.56. The van der Waals surface area contributed by atoms with Crippen LogP contribution in [0.1, 0.15) is 63.3 Å². The number of Topliss-reactive ketones (excluding diaryl/α,β-unsaturated/α-hetero) is 1. The zero-order valence-electron chi connectivity index (χ0n) is 20.9. The van der Waals surface area contributed by atoms with Crippen molar-refractivity contribution >= 4 is 17.6 Å². The van der Waals surface area contributed by atoms with Gasteiger partial charge in [0.05, 0.1) is 0 Å². The zero-order chi connectivity index (χ0) is 26.7. The summed E-state index contributed by atoms with van der Waals surface area (Å²) in [5.41, 5.74) is -0.465. The Hall–Kier alpha value is -3.17. The van der Waals surface area contributed by atoms with Crippen molar-refractivity contribution in [3.63, 3.8) is 0 Å². The first-order chi connectivity index (χ1) is 16.0. The average Bonchev–Trinajstić information content (AvgIpc) is 3.09. The molecule has 0 heterocycles. The SMILES string of the molecule is C#C.C/C=C(\C=NC)c1cc(C)cc2c1-c1ccccc1C2(O)C(F)(F)F.CC.CCC(C)=O. The molecule has 0 bridgehead atoms. The summed E-state index contributed by atoms with van der Waals surface area (Å²) in [5.74, 6) is 0.255. The van der Waals surface area contributed by atoms with Crippen LogP contribution in [0, 0.1) is 19.8 Å². The van der Waals surface area contributed by atoms with Crippen molar-refractivity contribution < 1.29 is 23.1 Å². The van der Waals surface area contributed by atoms with Gasteiger partial charge in [-0.15, -0.1) is 12.8 Å². The van der Waals surface area contributed by atoms with Crippen molar-refractivity contribution in [2.75, 3.05) is 7.05 Å². The molecule has 3 rings (SSSR count). The smallest absolute Gasteiger partial charge is 0.372 e. The molecule has 0 saturated carbocycles. The Morgan fingerprint density at radius 2 is 1.68 bits per heavy atom. The lowest BCUT2D eigenvalue weighted by Crippen LogP contribution is -2.41. The van der Waals surface area contributed by atoms with E-state index in [2.05, 4.69) is 17.8 Å². The number of aryl methyl sites for hydroxylation is 1. The molecular formula is C28H34F3NO2. The predicted octanol–water partition coefficient (Wildman–Crippen LogP) is 7.14. The minimum Gasteiger partial charge on any atom is -0.372 e. The molecule has 0 spiro atoms. The molecule has 0 aliphatic heterocycles. The third-order valence-electron chi connectivity index (χ3n) is 5.06. The lowest BCUT2D eigenvalue weighted by atomic mass is 9.87. The maximum atomic E-state index is 13.9. The molecule has 1 unspecified atom stereocenters. The molecule has 0 amide bonds. The van der Waals surface area contributed by atoms with Crippen LogP contribution in [0.25, 0.3) is 16.7 Å². The number of rotatable bonds is 3. The first kappa shape index (κ1) is 30.8. The van der Waals surface area contributed by atoms with Gasteiger partial charge in [-0.25, -0.2) is 0 Å². The average molecular weight is 474 g/mol. The number of fused-ring (bicyclic) bond motifs is 3. The molecule has 6 heteroatoms. The zero-order valence-corrected chi connectivity index (χ0v) is 20.9. The van der Waals surface area contributed by atoms with E-state index in [1.165, 1.54) is 18.2 Å². The molecule has 1 aliphatic rings. The number of aliphatic hydroxyl groups is 1. The van der Waals surface area contributed by atoms with E-state index in [1.807, 2.05) is 33.8 Å². The third kappa shape index (κ3) is 6.24. The fraction of sp³-hybridized carbons (Fsp3) is 0.357. The summed E-state index contributed by atoms with van der Waals surface area (Å²) in [7, 11) is 1.61. The lowest BCUT2D eigenvalue weighted by Gasteiger charge is -2.28. The number of benzene rings is 2. The molecule has 2 aromatic carbocycles. The molecular weight excluding hydrogens is 439 g/mol. The van der Waals surface area contributed by atoms with Gasteiger partial charge in [0.2, 0.25) is 5.60 Å². The van der Waals surface area contributed by atoms with Crippen molar-refractivity contribution in [3.05, 3.63) is 64.7 Å². The second-order valence-corrected chi connectivity index (χ2v) is 7.18. The molecule has 0 fully saturated rings. The van der Waals surface area contributed by atoms with Gasteiger partial charge in [-0.05, 0) is 43.0 Å². The second-order valence-electron chi connectivity index (χ2n) is 7.18. The number of halogens is 3. The lowest BCUT2D eigenvalue weighted by molar-refractivity contribution is -0.246. The molecule has 184 valence electrons. The van der Waals surface area contributed by atoms with E-state index < -0.39 is 11.8 Å². The maximum Gasteiger partial charge on any atom is 0.425 e. The van der Waals surface area contributed by atoms with Crippen molar-refractivity contribution in [1.82, 2.24) is 0 Å². The maximum absolute atomic E-state index is 13.9. The first-order valence-electron chi connectivity index (χ1n) is 11.0. The Kier molecular flexibility index (Phi) is 12.3. The normalized spacial score (nSPS) is 16.1. The molecule has 1 aliphatic carbocycles. The largest absolute Gasteiger partial charge is 0.425 e. The van der Waals surface area contributed by atoms with Crippen LogP contribution in [0.2, 0.25) is 0 Å². The minimum atomic E-state index is -4.83. The number of hydrogen-bond acceptors (Lipinski definition) is 3. The van der Waals surface area contributed by atoms with E-state index in [1.54, 1.807) is 45.3 Å². The van der Waals surface area contributed by atoms with Crippen LogP contribution >= 0.6 is 0 Å². The number of terminal acetylenes is 1. The van der Waals surface area contributed by atoms with Crippen LogP contribution in [-0.2, 0) is 10.4 Å². The Morgan fingerprint density at radius 1 is 1.15 bits per heavy atom. The van der Waals surface area contributed by atoms with Gasteiger partial charge in [0.1, 0.15) is 5.78 Å². The molecule has 0 saturated heterocycles. The van der Waals surface area contributed by atoms with Crippen LogP contribution in [0.3, 0.4) is 0 Å². The molecule has 1 N–H and O–H groups in total. The van der Waals surface area contributed by atoms with Gasteiger partial charge >= 0.3 is 6.18 Å². The van der Waals surface area contributed by atoms with Gasteiger partial charge < -0.3 is 9.90 Å². The summed E-state index contributed by atoms with van der Waals surface area (Å²) in [6.07, 6.45) is 7.26. The Balaban J connectivity index is 0.00000106. The number of aliphatic imine (C=N–C) groups is 1.